The molecule has 9 heteroatoms. The molecule has 2 heterocycles. The van der Waals surface area contributed by atoms with Crippen LogP contribution in [0.3, 0.4) is 0 Å². The van der Waals surface area contributed by atoms with Gasteiger partial charge in [-0.2, -0.15) is 0 Å². The van der Waals surface area contributed by atoms with Crippen LogP contribution in [0.25, 0.3) is 10.9 Å². The van der Waals surface area contributed by atoms with Gasteiger partial charge in [0.1, 0.15) is 35.6 Å². The van der Waals surface area contributed by atoms with Crippen LogP contribution in [-0.4, -0.2) is 53.6 Å². The lowest BCUT2D eigenvalue weighted by Gasteiger charge is -2.30. The molecule has 3 aromatic rings. The molecule has 1 aliphatic heterocycles. The fourth-order valence-corrected chi connectivity index (χ4v) is 3.93. The summed E-state index contributed by atoms with van der Waals surface area (Å²) in [6.07, 6.45) is 4.16. The van der Waals surface area contributed by atoms with Crippen molar-refractivity contribution in [3.05, 3.63) is 47.5 Å². The lowest BCUT2D eigenvalue weighted by molar-refractivity contribution is 0.115. The summed E-state index contributed by atoms with van der Waals surface area (Å²) in [5, 5.41) is 3.99. The van der Waals surface area contributed by atoms with Gasteiger partial charge in [-0.15, -0.1) is 11.6 Å². The van der Waals surface area contributed by atoms with Crippen molar-refractivity contribution in [3.63, 3.8) is 0 Å². The van der Waals surface area contributed by atoms with Crippen LogP contribution in [0.4, 0.5) is 15.9 Å². The van der Waals surface area contributed by atoms with E-state index in [2.05, 4.69) is 27.2 Å². The monoisotopic (exact) mass is 478 g/mol. The number of likely N-dealkylation sites (tertiary alicyclic amines) is 1. The minimum Gasteiger partial charge on any atom is -0.493 e. The number of fused-ring (bicyclic) bond motifs is 1. The number of nitrogens with zero attached hydrogens (tertiary/aromatic N) is 3. The molecule has 0 bridgehead atoms. The van der Waals surface area contributed by atoms with Gasteiger partial charge < -0.3 is 19.7 Å². The summed E-state index contributed by atoms with van der Waals surface area (Å²) in [5.41, 5.74) is 1.30. The summed E-state index contributed by atoms with van der Waals surface area (Å²) >= 11 is 11.7. The Balaban J connectivity index is 1.70. The number of nitrogens with one attached hydrogen (secondary N) is 1. The Morgan fingerprint density at radius 3 is 2.75 bits per heavy atom. The number of anilines is 2. The van der Waals surface area contributed by atoms with Crippen LogP contribution < -0.4 is 14.8 Å². The third-order valence-corrected chi connectivity index (χ3v) is 5.92. The largest absolute Gasteiger partial charge is 0.493 e. The molecule has 32 heavy (non-hydrogen) atoms. The zero-order valence-corrected chi connectivity index (χ0v) is 19.3. The summed E-state index contributed by atoms with van der Waals surface area (Å²) < 4.78 is 25.9. The molecule has 1 N–H and O–H groups in total. The molecular formula is C23H25Cl2FN4O2. The van der Waals surface area contributed by atoms with Crippen LogP contribution in [0.1, 0.15) is 19.3 Å². The van der Waals surface area contributed by atoms with Crippen molar-refractivity contribution < 1.29 is 13.9 Å². The number of benzene rings is 2. The third-order valence-electron chi connectivity index (χ3n) is 5.36. The van der Waals surface area contributed by atoms with E-state index in [1.54, 1.807) is 6.07 Å². The molecule has 1 aromatic heterocycles. The highest BCUT2D eigenvalue weighted by molar-refractivity contribution is 6.31. The van der Waals surface area contributed by atoms with Gasteiger partial charge >= 0.3 is 0 Å². The first kappa shape index (κ1) is 22.8. The van der Waals surface area contributed by atoms with Crippen molar-refractivity contribution >= 4 is 45.6 Å². The zero-order valence-electron chi connectivity index (χ0n) is 17.8. The molecule has 0 amide bonds. The minimum absolute atomic E-state index is 0.0335. The number of alkyl halides is 1. The van der Waals surface area contributed by atoms with Gasteiger partial charge in [0, 0.05) is 36.8 Å². The van der Waals surface area contributed by atoms with E-state index in [0.717, 1.165) is 37.7 Å². The van der Waals surface area contributed by atoms with E-state index >= 15 is 0 Å². The Labute approximate surface area is 196 Å². The number of aromatic nitrogens is 2. The molecule has 1 fully saturated rings. The van der Waals surface area contributed by atoms with E-state index in [-0.39, 0.29) is 11.1 Å². The molecule has 0 radical (unpaired) electrons. The van der Waals surface area contributed by atoms with Crippen molar-refractivity contribution in [2.75, 3.05) is 37.9 Å². The maximum Gasteiger partial charge on any atom is 0.145 e. The van der Waals surface area contributed by atoms with Crippen LogP contribution >= 0.6 is 23.2 Å². The lowest BCUT2D eigenvalue weighted by Crippen LogP contribution is -2.35. The van der Waals surface area contributed by atoms with Crippen LogP contribution in [0.5, 0.6) is 11.5 Å². The second-order valence-electron chi connectivity index (χ2n) is 7.80. The normalized spacial score (nSPS) is 15.1. The number of hydrogen-bond acceptors (Lipinski definition) is 6. The Kier molecular flexibility index (Phi) is 7.50. The first-order valence-electron chi connectivity index (χ1n) is 10.6. The maximum atomic E-state index is 13.6. The van der Waals surface area contributed by atoms with Crippen molar-refractivity contribution in [1.29, 1.82) is 0 Å². The van der Waals surface area contributed by atoms with Gasteiger partial charge in [0.05, 0.1) is 22.5 Å². The van der Waals surface area contributed by atoms with Crippen LogP contribution in [0.2, 0.25) is 5.02 Å². The fraction of sp³-hybridized carbons (Fsp3) is 0.391. The molecule has 6 nitrogen and oxygen atoms in total. The Morgan fingerprint density at radius 2 is 2.00 bits per heavy atom. The quantitative estimate of drug-likeness (QED) is 0.333. The summed E-state index contributed by atoms with van der Waals surface area (Å²) in [5.74, 6) is 1.92. The number of piperidine rings is 1. The molecule has 170 valence electrons. The SMILES string of the molecule is CN1CCC(Oc2cc(OCCCCl)cc3ncnc(Nc4ccc(F)c(Cl)c4)c23)CC1. The smallest absolute Gasteiger partial charge is 0.145 e. The predicted octanol–water partition coefficient (Wildman–Crippen LogP) is 5.65. The Bertz CT molecular complexity index is 1080. The first-order chi connectivity index (χ1) is 15.5. The van der Waals surface area contributed by atoms with Crippen molar-refractivity contribution in [1.82, 2.24) is 14.9 Å². The molecule has 0 unspecified atom stereocenters. The third kappa shape index (κ3) is 5.52. The molecule has 2 aromatic carbocycles. The number of halogens is 3. The van der Waals surface area contributed by atoms with Crippen LogP contribution in [-0.2, 0) is 0 Å². The number of hydrogen-bond donors (Lipinski definition) is 1. The van der Waals surface area contributed by atoms with Gasteiger partial charge in [0.25, 0.3) is 0 Å². The minimum atomic E-state index is -0.477. The van der Waals surface area contributed by atoms with Crippen molar-refractivity contribution in [3.8, 4) is 11.5 Å². The molecule has 0 saturated carbocycles. The van der Waals surface area contributed by atoms with Crippen LogP contribution in [0.15, 0.2) is 36.7 Å². The van der Waals surface area contributed by atoms with E-state index in [4.69, 9.17) is 32.7 Å². The molecule has 1 aliphatic rings. The van der Waals surface area contributed by atoms with E-state index in [0.29, 0.717) is 41.0 Å². The molecule has 1 saturated heterocycles. The fourth-order valence-electron chi connectivity index (χ4n) is 3.64. The molecule has 0 aliphatic carbocycles. The maximum absolute atomic E-state index is 13.6. The highest BCUT2D eigenvalue weighted by Gasteiger charge is 2.21. The van der Waals surface area contributed by atoms with E-state index < -0.39 is 5.82 Å². The van der Waals surface area contributed by atoms with Gasteiger partial charge in [-0.05, 0) is 44.5 Å². The van der Waals surface area contributed by atoms with Gasteiger partial charge in [0.2, 0.25) is 0 Å². The molecule has 4 rings (SSSR count). The van der Waals surface area contributed by atoms with E-state index in [9.17, 15) is 4.39 Å². The van der Waals surface area contributed by atoms with Gasteiger partial charge in [-0.3, -0.25) is 0 Å². The van der Waals surface area contributed by atoms with Crippen LogP contribution in [0, 0.1) is 5.82 Å². The van der Waals surface area contributed by atoms with Gasteiger partial charge in [-0.25, -0.2) is 14.4 Å². The Hall–Kier alpha value is -2.35. The summed E-state index contributed by atoms with van der Waals surface area (Å²) in [4.78, 5) is 11.1. The lowest BCUT2D eigenvalue weighted by atomic mass is 10.1. The summed E-state index contributed by atoms with van der Waals surface area (Å²) in [6, 6.07) is 8.17. The first-order valence-corrected chi connectivity index (χ1v) is 11.5. The average Bonchev–Trinajstić information content (AvgIpc) is 2.78. The van der Waals surface area contributed by atoms with Crippen molar-refractivity contribution in [2.45, 2.75) is 25.4 Å². The van der Waals surface area contributed by atoms with E-state index in [1.807, 2.05) is 12.1 Å². The Morgan fingerprint density at radius 1 is 1.19 bits per heavy atom. The zero-order chi connectivity index (χ0) is 22.5. The van der Waals surface area contributed by atoms with Crippen molar-refractivity contribution in [2.24, 2.45) is 0 Å². The topological polar surface area (TPSA) is 59.5 Å². The van der Waals surface area contributed by atoms with Gasteiger partial charge in [-0.1, -0.05) is 11.6 Å². The summed E-state index contributed by atoms with van der Waals surface area (Å²) in [6.45, 7) is 2.46. The second-order valence-corrected chi connectivity index (χ2v) is 8.59. The standard InChI is InChI=1S/C23H25Cl2FN4O2/c1-30-8-5-16(6-9-30)32-21-13-17(31-10-2-7-24)12-20-22(21)23(28-14-27-20)29-15-3-4-19(26)18(25)11-15/h3-4,11-14,16H,2,5-10H2,1H3,(H,27,28,29). The number of ether oxygens (including phenoxy) is 2. The molecule has 0 spiro atoms. The highest BCUT2D eigenvalue weighted by atomic mass is 35.5. The van der Waals surface area contributed by atoms with E-state index in [1.165, 1.54) is 18.5 Å². The predicted molar refractivity (Wildman–Crippen MR) is 126 cm³/mol. The molecule has 0 atom stereocenters. The van der Waals surface area contributed by atoms with Gasteiger partial charge in [0.15, 0.2) is 0 Å². The highest BCUT2D eigenvalue weighted by Crippen LogP contribution is 2.37. The second kappa shape index (κ2) is 10.5. The average molecular weight is 479 g/mol. The molecular weight excluding hydrogens is 454 g/mol. The summed E-state index contributed by atoms with van der Waals surface area (Å²) in [7, 11) is 2.11. The number of rotatable bonds is 8.